The fourth-order valence-corrected chi connectivity index (χ4v) is 3.30. The molecule has 0 aliphatic carbocycles. The first-order chi connectivity index (χ1) is 15.1. The quantitative estimate of drug-likeness (QED) is 0.466. The van der Waals surface area contributed by atoms with E-state index in [1.165, 1.54) is 59.3 Å². The van der Waals surface area contributed by atoms with Gasteiger partial charge < -0.3 is 5.32 Å². The third-order valence-electron chi connectivity index (χ3n) is 4.79. The van der Waals surface area contributed by atoms with Gasteiger partial charge in [-0.15, -0.1) is 0 Å². The van der Waals surface area contributed by atoms with E-state index < -0.39 is 5.82 Å². The van der Waals surface area contributed by atoms with Gasteiger partial charge in [-0.1, -0.05) is 18.2 Å². The molecule has 1 N–H and O–H groups in total. The van der Waals surface area contributed by atoms with Gasteiger partial charge in [-0.2, -0.15) is 10.1 Å². The van der Waals surface area contributed by atoms with Crippen LogP contribution in [0.5, 0.6) is 0 Å². The Kier molecular flexibility index (Phi) is 4.51. The van der Waals surface area contributed by atoms with Gasteiger partial charge in [-0.3, -0.25) is 4.79 Å². The van der Waals surface area contributed by atoms with Crippen LogP contribution in [0.2, 0.25) is 0 Å². The van der Waals surface area contributed by atoms with Crippen molar-refractivity contribution in [2.45, 2.75) is 0 Å². The lowest BCUT2D eigenvalue weighted by Gasteiger charge is -2.14. The Labute approximate surface area is 175 Å². The molecule has 6 nitrogen and oxygen atoms in total. The lowest BCUT2D eigenvalue weighted by Crippen LogP contribution is -2.23. The number of nitrogens with zero attached hydrogens (tertiary/aromatic N) is 4. The highest BCUT2D eigenvalue weighted by Crippen LogP contribution is 2.22. The number of rotatable bonds is 4. The normalized spacial score (nSPS) is 11.0. The molecule has 0 aliphatic rings. The van der Waals surface area contributed by atoms with E-state index in [-0.39, 0.29) is 17.3 Å². The van der Waals surface area contributed by atoms with Crippen LogP contribution in [0, 0.1) is 11.6 Å². The third kappa shape index (κ3) is 3.44. The van der Waals surface area contributed by atoms with Crippen molar-refractivity contribution in [1.29, 1.82) is 0 Å². The minimum Gasteiger partial charge on any atom is -0.325 e. The molecule has 2 aromatic heterocycles. The SMILES string of the molecule is O=c1c2cnn(-c3ccccc3)c2nc(Nc2ccc(F)cc2)n1-c1ccc(F)cc1. The van der Waals surface area contributed by atoms with Crippen molar-refractivity contribution in [2.75, 3.05) is 5.32 Å². The fraction of sp³-hybridized carbons (Fsp3) is 0. The maximum absolute atomic E-state index is 13.5. The summed E-state index contributed by atoms with van der Waals surface area (Å²) < 4.78 is 29.7. The molecule has 0 aliphatic heterocycles. The van der Waals surface area contributed by atoms with Crippen LogP contribution >= 0.6 is 0 Å². The second kappa shape index (κ2) is 7.49. The van der Waals surface area contributed by atoms with Crippen molar-refractivity contribution in [1.82, 2.24) is 19.3 Å². The number of benzene rings is 3. The molecule has 2 heterocycles. The second-order valence-corrected chi connectivity index (χ2v) is 6.81. The van der Waals surface area contributed by atoms with Crippen molar-refractivity contribution in [3.05, 3.63) is 107 Å². The maximum Gasteiger partial charge on any atom is 0.270 e. The molecule has 0 unspecified atom stereocenters. The summed E-state index contributed by atoms with van der Waals surface area (Å²) in [6.45, 7) is 0. The van der Waals surface area contributed by atoms with Gasteiger partial charge >= 0.3 is 0 Å². The van der Waals surface area contributed by atoms with E-state index in [0.29, 0.717) is 22.4 Å². The molecule has 31 heavy (non-hydrogen) atoms. The van der Waals surface area contributed by atoms with Crippen LogP contribution in [-0.2, 0) is 0 Å². The highest BCUT2D eigenvalue weighted by atomic mass is 19.1. The predicted octanol–water partition coefficient (Wildman–Crippen LogP) is 4.59. The Morgan fingerprint density at radius 3 is 2.10 bits per heavy atom. The molecule has 0 saturated carbocycles. The smallest absolute Gasteiger partial charge is 0.270 e. The van der Waals surface area contributed by atoms with E-state index in [1.54, 1.807) is 4.68 Å². The number of halogens is 2. The minimum absolute atomic E-state index is 0.188. The Bertz CT molecular complexity index is 1430. The second-order valence-electron chi connectivity index (χ2n) is 6.81. The van der Waals surface area contributed by atoms with Gasteiger partial charge in [0.05, 0.1) is 17.6 Å². The monoisotopic (exact) mass is 415 g/mol. The zero-order chi connectivity index (χ0) is 21.4. The first-order valence-corrected chi connectivity index (χ1v) is 9.45. The van der Waals surface area contributed by atoms with Gasteiger partial charge in [0.2, 0.25) is 5.95 Å². The van der Waals surface area contributed by atoms with Crippen LogP contribution < -0.4 is 10.9 Å². The van der Waals surface area contributed by atoms with Crippen molar-refractivity contribution < 1.29 is 8.78 Å². The standard InChI is InChI=1S/C23H15F2N5O/c24-15-6-10-17(11-7-15)27-23-28-21-20(14-26-30(21)19-4-2-1-3-5-19)22(31)29(23)18-12-8-16(25)9-13-18/h1-14H,(H,27,28). The minimum atomic E-state index is -0.421. The number of nitrogens with one attached hydrogen (secondary N) is 1. The molecular formula is C23H15F2N5O. The zero-order valence-corrected chi connectivity index (χ0v) is 16.0. The van der Waals surface area contributed by atoms with Crippen LogP contribution in [0.25, 0.3) is 22.4 Å². The topological polar surface area (TPSA) is 64.7 Å². The molecule has 152 valence electrons. The Balaban J connectivity index is 1.75. The van der Waals surface area contributed by atoms with E-state index in [1.807, 2.05) is 30.3 Å². The number of para-hydroxylation sites is 1. The molecule has 8 heteroatoms. The van der Waals surface area contributed by atoms with Gasteiger partial charge in [-0.25, -0.2) is 18.0 Å². The van der Waals surface area contributed by atoms with Crippen molar-refractivity contribution >= 4 is 22.7 Å². The lowest BCUT2D eigenvalue weighted by atomic mass is 10.3. The number of hydrogen-bond donors (Lipinski definition) is 1. The summed E-state index contributed by atoms with van der Waals surface area (Å²) in [4.78, 5) is 18.1. The first-order valence-electron chi connectivity index (χ1n) is 9.45. The van der Waals surface area contributed by atoms with Gasteiger partial charge in [0.1, 0.15) is 17.0 Å². The summed E-state index contributed by atoms with van der Waals surface area (Å²) in [6.07, 6.45) is 1.46. The summed E-state index contributed by atoms with van der Waals surface area (Å²) in [7, 11) is 0. The summed E-state index contributed by atoms with van der Waals surface area (Å²) in [5.74, 6) is -0.615. The van der Waals surface area contributed by atoms with Gasteiger partial charge in [0.15, 0.2) is 5.65 Å². The van der Waals surface area contributed by atoms with Gasteiger partial charge in [0.25, 0.3) is 5.56 Å². The van der Waals surface area contributed by atoms with E-state index in [2.05, 4.69) is 15.4 Å². The van der Waals surface area contributed by atoms with E-state index in [9.17, 15) is 13.6 Å². The van der Waals surface area contributed by atoms with Gasteiger partial charge in [0, 0.05) is 5.69 Å². The van der Waals surface area contributed by atoms with E-state index in [4.69, 9.17) is 0 Å². The van der Waals surface area contributed by atoms with E-state index >= 15 is 0 Å². The first kappa shape index (κ1) is 18.7. The molecule has 0 fully saturated rings. The molecule has 5 aromatic rings. The lowest BCUT2D eigenvalue weighted by molar-refractivity contribution is 0.627. The molecule has 0 bridgehead atoms. The summed E-state index contributed by atoms with van der Waals surface area (Å²) in [5, 5.41) is 7.71. The van der Waals surface area contributed by atoms with Crippen LogP contribution in [0.15, 0.2) is 89.9 Å². The summed E-state index contributed by atoms with van der Waals surface area (Å²) in [5.41, 5.74) is 1.70. The summed E-state index contributed by atoms with van der Waals surface area (Å²) >= 11 is 0. The number of anilines is 2. The molecular weight excluding hydrogens is 400 g/mol. The number of fused-ring (bicyclic) bond motifs is 1. The summed E-state index contributed by atoms with van der Waals surface area (Å²) in [6, 6.07) is 20.5. The molecule has 0 atom stereocenters. The average Bonchev–Trinajstić information content (AvgIpc) is 3.21. The fourth-order valence-electron chi connectivity index (χ4n) is 3.30. The molecule has 0 amide bonds. The molecule has 3 aromatic carbocycles. The van der Waals surface area contributed by atoms with Crippen LogP contribution in [-0.4, -0.2) is 19.3 Å². The van der Waals surface area contributed by atoms with Crippen molar-refractivity contribution in [3.8, 4) is 11.4 Å². The maximum atomic E-state index is 13.5. The Morgan fingerprint density at radius 2 is 1.42 bits per heavy atom. The highest BCUT2D eigenvalue weighted by Gasteiger charge is 2.17. The van der Waals surface area contributed by atoms with Crippen LogP contribution in [0.3, 0.4) is 0 Å². The molecule has 5 rings (SSSR count). The van der Waals surface area contributed by atoms with Crippen molar-refractivity contribution in [2.24, 2.45) is 0 Å². The Hall–Kier alpha value is -4.33. The molecule has 0 radical (unpaired) electrons. The average molecular weight is 415 g/mol. The molecule has 0 spiro atoms. The van der Waals surface area contributed by atoms with Crippen molar-refractivity contribution in [3.63, 3.8) is 0 Å². The highest BCUT2D eigenvalue weighted by molar-refractivity contribution is 5.78. The predicted molar refractivity (Wildman–Crippen MR) is 114 cm³/mol. The van der Waals surface area contributed by atoms with Gasteiger partial charge in [-0.05, 0) is 60.7 Å². The van der Waals surface area contributed by atoms with Crippen LogP contribution in [0.1, 0.15) is 0 Å². The largest absolute Gasteiger partial charge is 0.325 e. The zero-order valence-electron chi connectivity index (χ0n) is 16.0. The van der Waals surface area contributed by atoms with Crippen LogP contribution in [0.4, 0.5) is 20.4 Å². The number of hydrogen-bond acceptors (Lipinski definition) is 4. The number of aromatic nitrogens is 4. The van der Waals surface area contributed by atoms with E-state index in [0.717, 1.165) is 5.69 Å². The third-order valence-corrected chi connectivity index (χ3v) is 4.79. The Morgan fingerprint density at radius 1 is 0.774 bits per heavy atom. The molecule has 0 saturated heterocycles.